The highest BCUT2D eigenvalue weighted by Gasteiger charge is 2.41. The molecule has 0 saturated heterocycles. The molecule has 0 aliphatic carbocycles. The molecule has 1 aromatic rings. The van der Waals surface area contributed by atoms with E-state index in [4.69, 9.17) is 0 Å². The molecule has 0 radical (unpaired) electrons. The first kappa shape index (κ1) is 11.8. The molecule has 84 valence electrons. The summed E-state index contributed by atoms with van der Waals surface area (Å²) in [6, 6.07) is -2.11. The monoisotopic (exact) mass is 229 g/mol. The molecular weight excluding hydrogens is 224 g/mol. The van der Waals surface area contributed by atoms with Crippen LogP contribution in [0.25, 0.3) is 0 Å². The zero-order chi connectivity index (χ0) is 11.8. The normalized spacial score (nSPS) is 14.1. The van der Waals surface area contributed by atoms with Crippen LogP contribution in [0.3, 0.4) is 0 Å². The van der Waals surface area contributed by atoms with Crippen LogP contribution in [0.4, 0.5) is 26.3 Å². The van der Waals surface area contributed by atoms with Gasteiger partial charge in [-0.1, -0.05) is 0 Å². The molecule has 0 aromatic heterocycles. The van der Waals surface area contributed by atoms with Crippen LogP contribution in [0.1, 0.15) is 11.6 Å². The third-order valence-electron chi connectivity index (χ3n) is 1.74. The Morgan fingerprint density at radius 1 is 1.00 bits per heavy atom. The van der Waals surface area contributed by atoms with Crippen molar-refractivity contribution in [2.24, 2.45) is 5.73 Å². The van der Waals surface area contributed by atoms with E-state index in [0.29, 0.717) is 12.1 Å². The molecule has 2 N–H and O–H groups in total. The van der Waals surface area contributed by atoms with Crippen LogP contribution in [0.5, 0.6) is 0 Å². The van der Waals surface area contributed by atoms with Gasteiger partial charge in [-0.15, -0.1) is 0 Å². The predicted octanol–water partition coefficient (Wildman–Crippen LogP) is 2.67. The van der Waals surface area contributed by atoms with Crippen molar-refractivity contribution in [2.75, 3.05) is 0 Å². The molecule has 1 aromatic carbocycles. The van der Waals surface area contributed by atoms with E-state index in [2.05, 4.69) is 5.73 Å². The van der Waals surface area contributed by atoms with Gasteiger partial charge < -0.3 is 5.73 Å². The van der Waals surface area contributed by atoms with Crippen molar-refractivity contribution in [2.45, 2.75) is 12.2 Å². The zero-order valence-corrected chi connectivity index (χ0v) is 7.08. The highest BCUT2D eigenvalue weighted by atomic mass is 19.4. The molecule has 0 fully saturated rings. The Morgan fingerprint density at radius 3 is 1.93 bits per heavy atom. The summed E-state index contributed by atoms with van der Waals surface area (Å²) in [6.07, 6.45) is -5.03. The molecule has 0 bridgehead atoms. The van der Waals surface area contributed by atoms with E-state index in [0.717, 1.165) is 0 Å². The van der Waals surface area contributed by atoms with Crippen molar-refractivity contribution in [3.05, 3.63) is 35.1 Å². The zero-order valence-electron chi connectivity index (χ0n) is 7.08. The fourth-order valence-electron chi connectivity index (χ4n) is 0.992. The van der Waals surface area contributed by atoms with Crippen LogP contribution in [-0.4, -0.2) is 6.18 Å². The standard InChI is InChI=1S/C8H5F6N/c9-3-1-2-4(10)6(11)5(3)7(15)8(12,13)14/h1-2,7H,15H2/t7-/m1/s1. The first-order chi connectivity index (χ1) is 6.75. The van der Waals surface area contributed by atoms with Crippen molar-refractivity contribution in [3.63, 3.8) is 0 Å². The molecule has 1 rings (SSSR count). The van der Waals surface area contributed by atoms with Crippen molar-refractivity contribution < 1.29 is 26.3 Å². The van der Waals surface area contributed by atoms with Crippen molar-refractivity contribution >= 4 is 0 Å². The number of hydrogen-bond acceptors (Lipinski definition) is 1. The van der Waals surface area contributed by atoms with Gasteiger partial charge in [0.05, 0.1) is 5.56 Å². The van der Waals surface area contributed by atoms with Crippen LogP contribution >= 0.6 is 0 Å². The summed E-state index contributed by atoms with van der Waals surface area (Å²) >= 11 is 0. The number of nitrogens with two attached hydrogens (primary N) is 1. The second kappa shape index (κ2) is 3.73. The number of hydrogen-bond donors (Lipinski definition) is 1. The van der Waals surface area contributed by atoms with Crippen molar-refractivity contribution in [1.29, 1.82) is 0 Å². The lowest BCUT2D eigenvalue weighted by Crippen LogP contribution is -2.30. The molecule has 15 heavy (non-hydrogen) atoms. The molecular formula is C8H5F6N. The minimum atomic E-state index is -5.03. The molecule has 0 spiro atoms. The number of rotatable bonds is 1. The van der Waals surface area contributed by atoms with Gasteiger partial charge in [0.1, 0.15) is 11.9 Å². The summed E-state index contributed by atoms with van der Waals surface area (Å²) in [6.45, 7) is 0. The molecule has 0 aliphatic rings. The average molecular weight is 229 g/mol. The van der Waals surface area contributed by atoms with Crippen molar-refractivity contribution in [3.8, 4) is 0 Å². The molecule has 0 heterocycles. The summed E-state index contributed by atoms with van der Waals surface area (Å²) in [5.74, 6) is -5.02. The fourth-order valence-corrected chi connectivity index (χ4v) is 0.992. The minimum absolute atomic E-state index is 0.386. The third-order valence-corrected chi connectivity index (χ3v) is 1.74. The van der Waals surface area contributed by atoms with E-state index in [1.54, 1.807) is 0 Å². The van der Waals surface area contributed by atoms with E-state index >= 15 is 0 Å². The van der Waals surface area contributed by atoms with Crippen molar-refractivity contribution in [1.82, 2.24) is 0 Å². The van der Waals surface area contributed by atoms with E-state index in [9.17, 15) is 26.3 Å². The number of benzene rings is 1. The smallest absolute Gasteiger partial charge is 0.316 e. The van der Waals surface area contributed by atoms with Gasteiger partial charge in [0, 0.05) is 0 Å². The van der Waals surface area contributed by atoms with Gasteiger partial charge in [-0.2, -0.15) is 13.2 Å². The summed E-state index contributed by atoms with van der Waals surface area (Å²) in [5.41, 5.74) is 3.06. The first-order valence-corrected chi connectivity index (χ1v) is 3.71. The van der Waals surface area contributed by atoms with Crippen LogP contribution in [0.2, 0.25) is 0 Å². The Kier molecular flexibility index (Phi) is 2.94. The van der Waals surface area contributed by atoms with Crippen LogP contribution in [0.15, 0.2) is 12.1 Å². The van der Waals surface area contributed by atoms with E-state index in [-0.39, 0.29) is 0 Å². The maximum atomic E-state index is 12.8. The Bertz CT molecular complexity index is 372. The van der Waals surface area contributed by atoms with Gasteiger partial charge in [-0.3, -0.25) is 0 Å². The van der Waals surface area contributed by atoms with Crippen LogP contribution in [-0.2, 0) is 0 Å². The SMILES string of the molecule is N[C@H](c1c(F)ccc(F)c1F)C(F)(F)F. The Morgan fingerprint density at radius 2 is 1.47 bits per heavy atom. The third kappa shape index (κ3) is 2.23. The van der Waals surface area contributed by atoms with Gasteiger partial charge in [-0.25, -0.2) is 13.2 Å². The lowest BCUT2D eigenvalue weighted by atomic mass is 10.1. The molecule has 0 aliphatic heterocycles. The summed E-state index contributed by atoms with van der Waals surface area (Å²) < 4.78 is 74.4. The van der Waals surface area contributed by atoms with Gasteiger partial charge in [-0.05, 0) is 12.1 Å². The Hall–Kier alpha value is -1.24. The van der Waals surface area contributed by atoms with Gasteiger partial charge >= 0.3 is 6.18 Å². The maximum absolute atomic E-state index is 12.8. The van der Waals surface area contributed by atoms with Gasteiger partial charge in [0.25, 0.3) is 0 Å². The van der Waals surface area contributed by atoms with E-state index in [1.165, 1.54) is 0 Å². The molecule has 1 atom stereocenters. The minimum Gasteiger partial charge on any atom is -0.316 e. The Balaban J connectivity index is 3.31. The molecule has 1 nitrogen and oxygen atoms in total. The van der Waals surface area contributed by atoms with Gasteiger partial charge in [0.15, 0.2) is 11.6 Å². The molecule has 0 amide bonds. The highest BCUT2D eigenvalue weighted by molar-refractivity contribution is 5.25. The summed E-state index contributed by atoms with van der Waals surface area (Å²) in [7, 11) is 0. The molecule has 0 unspecified atom stereocenters. The Labute approximate surface area is 80.5 Å². The average Bonchev–Trinajstić information content (AvgIpc) is 2.10. The second-order valence-electron chi connectivity index (χ2n) is 2.78. The van der Waals surface area contributed by atoms with E-state index < -0.39 is 35.2 Å². The molecule has 7 heteroatoms. The number of alkyl halides is 3. The maximum Gasteiger partial charge on any atom is 0.407 e. The topological polar surface area (TPSA) is 26.0 Å². The highest BCUT2D eigenvalue weighted by Crippen LogP contribution is 2.33. The summed E-state index contributed by atoms with van der Waals surface area (Å²) in [5, 5.41) is 0. The quantitative estimate of drug-likeness (QED) is 0.581. The van der Waals surface area contributed by atoms with E-state index in [1.807, 2.05) is 0 Å². The van der Waals surface area contributed by atoms with Crippen LogP contribution < -0.4 is 5.73 Å². The lowest BCUT2D eigenvalue weighted by molar-refractivity contribution is -0.150. The number of halogens is 6. The van der Waals surface area contributed by atoms with Gasteiger partial charge in [0.2, 0.25) is 0 Å². The fraction of sp³-hybridized carbons (Fsp3) is 0.250. The lowest BCUT2D eigenvalue weighted by Gasteiger charge is -2.17. The molecule has 0 saturated carbocycles. The van der Waals surface area contributed by atoms with Crippen LogP contribution in [0, 0.1) is 17.5 Å². The largest absolute Gasteiger partial charge is 0.407 e. The second-order valence-corrected chi connectivity index (χ2v) is 2.78. The first-order valence-electron chi connectivity index (χ1n) is 3.71. The summed E-state index contributed by atoms with van der Waals surface area (Å²) in [4.78, 5) is 0. The predicted molar refractivity (Wildman–Crippen MR) is 39.3 cm³/mol.